The fraction of sp³-hybridized carbons (Fsp3) is 0.304. The first kappa shape index (κ1) is 18.4. The summed E-state index contributed by atoms with van der Waals surface area (Å²) in [5.41, 5.74) is 1.42. The summed E-state index contributed by atoms with van der Waals surface area (Å²) in [6.45, 7) is 0. The highest BCUT2D eigenvalue weighted by Gasteiger charge is 2.37. The minimum atomic E-state index is -0.594. The third kappa shape index (κ3) is 3.21. The number of carbonyl (C=O) groups excluding carboxylic acids is 2. The molecule has 1 fully saturated rings. The number of rotatable bonds is 3. The average molecular weight is 378 g/mol. The Morgan fingerprint density at radius 1 is 0.929 bits per heavy atom. The molecule has 28 heavy (non-hydrogen) atoms. The van der Waals surface area contributed by atoms with Crippen LogP contribution in [-0.4, -0.2) is 29.8 Å². The van der Waals surface area contributed by atoms with Crippen molar-refractivity contribution in [1.82, 2.24) is 4.90 Å². The second kappa shape index (κ2) is 7.58. The normalized spacial score (nSPS) is 19.1. The predicted octanol–water partition coefficient (Wildman–Crippen LogP) is 4.62. The highest BCUT2D eigenvalue weighted by Crippen LogP contribution is 2.34. The Kier molecular flexibility index (Phi) is 4.99. The lowest BCUT2D eigenvalue weighted by atomic mass is 9.92. The summed E-state index contributed by atoms with van der Waals surface area (Å²) in [5.74, 6) is -1.58. The number of halogens is 1. The molecule has 1 aliphatic heterocycles. The summed E-state index contributed by atoms with van der Waals surface area (Å²) in [6, 6.07) is 13.3. The molecule has 2 aromatic carbocycles. The molecule has 1 aliphatic carbocycles. The van der Waals surface area contributed by atoms with Gasteiger partial charge in [0.15, 0.2) is 0 Å². The monoisotopic (exact) mass is 378 g/mol. The third-order valence-corrected chi connectivity index (χ3v) is 5.66. The molecule has 4 nitrogen and oxygen atoms in total. The van der Waals surface area contributed by atoms with Gasteiger partial charge in [-0.25, -0.2) is 9.29 Å². The molecule has 2 amide bonds. The van der Waals surface area contributed by atoms with Crippen LogP contribution in [-0.2, 0) is 4.79 Å². The Hall–Kier alpha value is -2.95. The Morgan fingerprint density at radius 2 is 1.57 bits per heavy atom. The van der Waals surface area contributed by atoms with E-state index >= 15 is 0 Å². The molecule has 144 valence electrons. The van der Waals surface area contributed by atoms with E-state index in [1.807, 2.05) is 19.3 Å². The lowest BCUT2D eigenvalue weighted by Crippen LogP contribution is -2.43. The van der Waals surface area contributed by atoms with Crippen LogP contribution in [0, 0.1) is 5.82 Å². The Labute approximate surface area is 164 Å². The molecule has 0 saturated heterocycles. The number of benzene rings is 2. The Bertz CT molecular complexity index is 947. The van der Waals surface area contributed by atoms with Gasteiger partial charge in [0, 0.05) is 30.4 Å². The van der Waals surface area contributed by atoms with Crippen molar-refractivity contribution in [2.45, 2.75) is 38.1 Å². The van der Waals surface area contributed by atoms with E-state index in [9.17, 15) is 14.0 Å². The maximum Gasteiger partial charge on any atom is 0.267 e. The van der Waals surface area contributed by atoms with Crippen LogP contribution in [0.1, 0.15) is 48.0 Å². The van der Waals surface area contributed by atoms with Crippen molar-refractivity contribution < 1.29 is 14.0 Å². The van der Waals surface area contributed by atoms with Gasteiger partial charge in [-0.1, -0.05) is 49.6 Å². The van der Waals surface area contributed by atoms with Crippen molar-refractivity contribution in [1.29, 1.82) is 0 Å². The summed E-state index contributed by atoms with van der Waals surface area (Å²) < 4.78 is 14.4. The molecule has 5 heteroatoms. The number of carbonyl (C=O) groups is 2. The second-order valence-corrected chi connectivity index (χ2v) is 7.44. The van der Waals surface area contributed by atoms with Crippen molar-refractivity contribution in [2.24, 2.45) is 0 Å². The smallest absolute Gasteiger partial charge is 0.267 e. The molecular weight excluding hydrogens is 355 g/mol. The maximum atomic E-state index is 14.4. The molecule has 2 aliphatic rings. The number of hydrogen-bond donors (Lipinski definition) is 0. The van der Waals surface area contributed by atoms with Crippen LogP contribution < -0.4 is 4.90 Å². The minimum absolute atomic E-state index is 0.0155. The fourth-order valence-corrected chi connectivity index (χ4v) is 4.13. The number of anilines is 1. The SMILES string of the molecule is CN(/C=C1/C(=O)N(c2ccccc2F)C(=O)c2ccccc21)C1CCCCC1. The van der Waals surface area contributed by atoms with Crippen molar-refractivity contribution >= 4 is 23.1 Å². The quantitative estimate of drug-likeness (QED) is 0.578. The van der Waals surface area contributed by atoms with Gasteiger partial charge in [-0.15, -0.1) is 0 Å². The zero-order valence-electron chi connectivity index (χ0n) is 15.9. The van der Waals surface area contributed by atoms with Crippen molar-refractivity contribution in [2.75, 3.05) is 11.9 Å². The van der Waals surface area contributed by atoms with Crippen LogP contribution in [0.3, 0.4) is 0 Å². The second-order valence-electron chi connectivity index (χ2n) is 7.44. The topological polar surface area (TPSA) is 40.6 Å². The van der Waals surface area contributed by atoms with E-state index in [0.29, 0.717) is 22.7 Å². The largest absolute Gasteiger partial charge is 0.377 e. The van der Waals surface area contributed by atoms with Gasteiger partial charge in [0.1, 0.15) is 5.82 Å². The lowest BCUT2D eigenvalue weighted by molar-refractivity contribution is -0.113. The summed E-state index contributed by atoms with van der Waals surface area (Å²) in [7, 11) is 1.97. The Balaban J connectivity index is 1.80. The van der Waals surface area contributed by atoms with Crippen molar-refractivity contribution in [3.05, 3.63) is 71.7 Å². The van der Waals surface area contributed by atoms with E-state index in [4.69, 9.17) is 0 Å². The molecular formula is C23H23FN2O2. The van der Waals surface area contributed by atoms with Crippen LogP contribution in [0.15, 0.2) is 54.7 Å². The summed E-state index contributed by atoms with van der Waals surface area (Å²) >= 11 is 0. The molecule has 0 unspecified atom stereocenters. The molecule has 0 spiro atoms. The number of amides is 2. The van der Waals surface area contributed by atoms with Gasteiger partial charge in [-0.2, -0.15) is 0 Å². The number of imide groups is 1. The van der Waals surface area contributed by atoms with E-state index in [0.717, 1.165) is 17.7 Å². The molecule has 0 atom stereocenters. The van der Waals surface area contributed by atoms with Crippen LogP contribution >= 0.6 is 0 Å². The molecule has 2 aromatic rings. The van der Waals surface area contributed by atoms with Gasteiger partial charge >= 0.3 is 0 Å². The van der Waals surface area contributed by atoms with Gasteiger partial charge < -0.3 is 4.90 Å². The van der Waals surface area contributed by atoms with E-state index in [1.54, 1.807) is 30.3 Å². The molecule has 0 N–H and O–H groups in total. The van der Waals surface area contributed by atoms with Gasteiger partial charge in [0.05, 0.1) is 11.3 Å². The first-order valence-corrected chi connectivity index (χ1v) is 9.74. The first-order valence-electron chi connectivity index (χ1n) is 9.74. The fourth-order valence-electron chi connectivity index (χ4n) is 4.13. The maximum absolute atomic E-state index is 14.4. The standard InChI is InChI=1S/C23H23FN2O2/c1-25(16-9-3-2-4-10-16)15-19-17-11-5-6-12-18(17)22(27)26(23(19)28)21-14-8-7-13-20(21)24/h5-8,11-16H,2-4,9-10H2,1H3/b19-15+. The first-order chi connectivity index (χ1) is 13.6. The molecule has 0 radical (unpaired) electrons. The minimum Gasteiger partial charge on any atom is -0.377 e. The third-order valence-electron chi connectivity index (χ3n) is 5.66. The van der Waals surface area contributed by atoms with Crippen molar-refractivity contribution in [3.8, 4) is 0 Å². The van der Waals surface area contributed by atoms with Crippen molar-refractivity contribution in [3.63, 3.8) is 0 Å². The predicted molar refractivity (Wildman–Crippen MR) is 107 cm³/mol. The molecule has 4 rings (SSSR count). The van der Waals surface area contributed by atoms with E-state index < -0.39 is 17.6 Å². The molecule has 0 aromatic heterocycles. The highest BCUT2D eigenvalue weighted by molar-refractivity contribution is 6.41. The zero-order chi connectivity index (χ0) is 19.7. The van der Waals surface area contributed by atoms with E-state index in [-0.39, 0.29) is 5.69 Å². The lowest BCUT2D eigenvalue weighted by Gasteiger charge is -2.33. The zero-order valence-corrected chi connectivity index (χ0v) is 15.9. The molecule has 0 bridgehead atoms. The van der Waals surface area contributed by atoms with Gasteiger partial charge in [0.2, 0.25) is 0 Å². The number of fused-ring (bicyclic) bond motifs is 1. The van der Waals surface area contributed by atoms with Gasteiger partial charge in [-0.3, -0.25) is 9.59 Å². The van der Waals surface area contributed by atoms with Crippen LogP contribution in [0.5, 0.6) is 0 Å². The summed E-state index contributed by atoms with van der Waals surface area (Å²) in [6.07, 6.45) is 7.62. The number of para-hydroxylation sites is 1. The molecule has 1 heterocycles. The Morgan fingerprint density at radius 3 is 2.29 bits per heavy atom. The summed E-state index contributed by atoms with van der Waals surface area (Å²) in [5, 5.41) is 0. The van der Waals surface area contributed by atoms with E-state index in [2.05, 4.69) is 4.90 Å². The van der Waals surface area contributed by atoms with Gasteiger partial charge in [-0.05, 0) is 31.0 Å². The van der Waals surface area contributed by atoms with Crippen LogP contribution in [0.25, 0.3) is 5.57 Å². The van der Waals surface area contributed by atoms with Gasteiger partial charge in [0.25, 0.3) is 11.8 Å². The summed E-state index contributed by atoms with van der Waals surface area (Å²) in [4.78, 5) is 29.4. The average Bonchev–Trinajstić information content (AvgIpc) is 2.73. The highest BCUT2D eigenvalue weighted by atomic mass is 19.1. The van der Waals surface area contributed by atoms with Crippen LogP contribution in [0.2, 0.25) is 0 Å². The molecule has 1 saturated carbocycles. The van der Waals surface area contributed by atoms with Crippen LogP contribution in [0.4, 0.5) is 10.1 Å². The van der Waals surface area contributed by atoms with E-state index in [1.165, 1.54) is 31.4 Å². The number of hydrogen-bond acceptors (Lipinski definition) is 3. The number of nitrogens with zero attached hydrogens (tertiary/aromatic N) is 2.